The Labute approximate surface area is 141 Å². The zero-order valence-corrected chi connectivity index (χ0v) is 14.7. The molecule has 0 radical (unpaired) electrons. The number of amides is 2. The van der Waals surface area contributed by atoms with E-state index in [0.717, 1.165) is 42.9 Å². The largest absolute Gasteiger partial charge is 0.375 e. The van der Waals surface area contributed by atoms with E-state index in [-0.39, 0.29) is 24.5 Å². The number of hydrogen-bond acceptors (Lipinski definition) is 5. The Bertz CT molecular complexity index is 532. The number of nitrogens with zero attached hydrogens (tertiary/aromatic N) is 2. The van der Waals surface area contributed by atoms with Gasteiger partial charge in [0.2, 0.25) is 11.8 Å². The second-order valence-electron chi connectivity index (χ2n) is 5.84. The van der Waals surface area contributed by atoms with Crippen molar-refractivity contribution < 1.29 is 14.3 Å². The number of methoxy groups -OCH3 is 1. The molecule has 7 heteroatoms. The predicted molar refractivity (Wildman–Crippen MR) is 89.4 cm³/mol. The van der Waals surface area contributed by atoms with Crippen molar-refractivity contribution in [1.82, 2.24) is 15.2 Å². The maximum Gasteiger partial charge on any atom is 0.245 e. The van der Waals surface area contributed by atoms with Gasteiger partial charge in [0.25, 0.3) is 0 Å². The van der Waals surface area contributed by atoms with Gasteiger partial charge in [0, 0.05) is 31.6 Å². The molecule has 0 aromatic carbocycles. The Morgan fingerprint density at radius 2 is 2.30 bits per heavy atom. The number of aryl methyl sites for hydroxylation is 1. The standard InChI is InChI=1S/C16H25N3O3S/c1-12-18-13(11-23-12)9-16(21)19-8-4-3-5-14(19)6-7-17-15(20)10-22-2/h11,14H,3-10H2,1-2H3,(H,17,20). The Hall–Kier alpha value is -1.47. The van der Waals surface area contributed by atoms with Gasteiger partial charge in [-0.15, -0.1) is 11.3 Å². The minimum absolute atomic E-state index is 0.0798. The lowest BCUT2D eigenvalue weighted by molar-refractivity contribution is -0.134. The molecule has 1 unspecified atom stereocenters. The van der Waals surface area contributed by atoms with Crippen LogP contribution >= 0.6 is 11.3 Å². The number of carbonyl (C=O) groups excluding carboxylic acids is 2. The number of hydrogen-bond donors (Lipinski definition) is 1. The molecule has 1 aromatic rings. The first-order valence-electron chi connectivity index (χ1n) is 8.06. The molecule has 1 aliphatic rings. The zero-order valence-electron chi connectivity index (χ0n) is 13.8. The maximum atomic E-state index is 12.6. The Kier molecular flexibility index (Phi) is 6.98. The van der Waals surface area contributed by atoms with Crippen molar-refractivity contribution in [1.29, 1.82) is 0 Å². The summed E-state index contributed by atoms with van der Waals surface area (Å²) in [7, 11) is 1.50. The summed E-state index contributed by atoms with van der Waals surface area (Å²) in [6.45, 7) is 3.41. The van der Waals surface area contributed by atoms with Gasteiger partial charge in [-0.1, -0.05) is 0 Å². The average molecular weight is 339 g/mol. The summed E-state index contributed by atoms with van der Waals surface area (Å²) in [6, 6.07) is 0.207. The number of carbonyl (C=O) groups is 2. The number of piperidine rings is 1. The van der Waals surface area contributed by atoms with Gasteiger partial charge in [0.05, 0.1) is 17.1 Å². The van der Waals surface area contributed by atoms with Crippen LogP contribution in [0.25, 0.3) is 0 Å². The molecule has 2 heterocycles. The predicted octanol–water partition coefficient (Wildman–Crippen LogP) is 1.53. The zero-order chi connectivity index (χ0) is 16.7. The minimum atomic E-state index is -0.112. The van der Waals surface area contributed by atoms with E-state index in [4.69, 9.17) is 4.74 Å². The van der Waals surface area contributed by atoms with E-state index in [0.29, 0.717) is 13.0 Å². The Balaban J connectivity index is 1.84. The summed E-state index contributed by atoms with van der Waals surface area (Å²) in [5.74, 6) is 0.0300. The van der Waals surface area contributed by atoms with Crippen LogP contribution in [0, 0.1) is 6.92 Å². The summed E-state index contributed by atoms with van der Waals surface area (Å²) in [5.41, 5.74) is 0.857. The van der Waals surface area contributed by atoms with Crippen molar-refractivity contribution in [2.45, 2.75) is 45.1 Å². The molecule has 1 saturated heterocycles. The van der Waals surface area contributed by atoms with Crippen molar-refractivity contribution in [3.63, 3.8) is 0 Å². The van der Waals surface area contributed by atoms with Crippen molar-refractivity contribution in [3.8, 4) is 0 Å². The van der Waals surface area contributed by atoms with Crippen LogP contribution in [0.15, 0.2) is 5.38 Å². The van der Waals surface area contributed by atoms with Crippen LogP contribution in [0.5, 0.6) is 0 Å². The lowest BCUT2D eigenvalue weighted by Gasteiger charge is -2.36. The third-order valence-corrected chi connectivity index (χ3v) is 4.84. The molecule has 0 spiro atoms. The van der Waals surface area contributed by atoms with Crippen LogP contribution in [-0.4, -0.2) is 54.5 Å². The normalized spacial score (nSPS) is 18.0. The molecule has 0 saturated carbocycles. The molecule has 0 aliphatic carbocycles. The fourth-order valence-corrected chi connectivity index (χ4v) is 3.55. The SMILES string of the molecule is COCC(=O)NCCC1CCCCN1C(=O)Cc1csc(C)n1. The van der Waals surface area contributed by atoms with E-state index in [1.54, 1.807) is 11.3 Å². The second-order valence-corrected chi connectivity index (χ2v) is 6.91. The van der Waals surface area contributed by atoms with Gasteiger partial charge in [-0.3, -0.25) is 9.59 Å². The van der Waals surface area contributed by atoms with E-state index in [1.807, 2.05) is 17.2 Å². The molecular weight excluding hydrogens is 314 g/mol. The summed E-state index contributed by atoms with van der Waals surface area (Å²) >= 11 is 1.57. The molecule has 2 amide bonds. The van der Waals surface area contributed by atoms with Crippen molar-refractivity contribution in [2.24, 2.45) is 0 Å². The van der Waals surface area contributed by atoms with Crippen LogP contribution in [0.1, 0.15) is 36.4 Å². The van der Waals surface area contributed by atoms with Crippen LogP contribution < -0.4 is 5.32 Å². The van der Waals surface area contributed by atoms with Gasteiger partial charge in [-0.2, -0.15) is 0 Å². The smallest absolute Gasteiger partial charge is 0.245 e. The van der Waals surface area contributed by atoms with Crippen LogP contribution in [0.3, 0.4) is 0 Å². The lowest BCUT2D eigenvalue weighted by Crippen LogP contribution is -2.46. The molecule has 1 fully saturated rings. The molecule has 1 aliphatic heterocycles. The average Bonchev–Trinajstić information content (AvgIpc) is 2.93. The van der Waals surface area contributed by atoms with Gasteiger partial charge in [0.1, 0.15) is 6.61 Å². The molecule has 1 N–H and O–H groups in total. The molecule has 23 heavy (non-hydrogen) atoms. The van der Waals surface area contributed by atoms with Crippen LogP contribution in [0.2, 0.25) is 0 Å². The van der Waals surface area contributed by atoms with Crippen LogP contribution in [-0.2, 0) is 20.7 Å². The van der Waals surface area contributed by atoms with Crippen molar-refractivity contribution in [3.05, 3.63) is 16.1 Å². The van der Waals surface area contributed by atoms with Crippen molar-refractivity contribution in [2.75, 3.05) is 26.8 Å². The molecule has 2 rings (SSSR count). The molecular formula is C16H25N3O3S. The monoisotopic (exact) mass is 339 g/mol. The highest BCUT2D eigenvalue weighted by atomic mass is 32.1. The number of likely N-dealkylation sites (tertiary alicyclic amines) is 1. The number of aromatic nitrogens is 1. The molecule has 128 valence electrons. The van der Waals surface area contributed by atoms with E-state index in [1.165, 1.54) is 7.11 Å². The summed E-state index contributed by atoms with van der Waals surface area (Å²) in [6.07, 6.45) is 4.35. The molecule has 6 nitrogen and oxygen atoms in total. The Morgan fingerprint density at radius 1 is 1.48 bits per heavy atom. The Morgan fingerprint density at radius 3 is 3.00 bits per heavy atom. The van der Waals surface area contributed by atoms with Gasteiger partial charge in [-0.05, 0) is 32.6 Å². The second kappa shape index (κ2) is 8.98. The third kappa shape index (κ3) is 5.58. The highest BCUT2D eigenvalue weighted by Crippen LogP contribution is 2.21. The van der Waals surface area contributed by atoms with Crippen LogP contribution in [0.4, 0.5) is 0 Å². The number of nitrogens with one attached hydrogen (secondary N) is 1. The topological polar surface area (TPSA) is 71.5 Å². The quantitative estimate of drug-likeness (QED) is 0.818. The first-order chi connectivity index (χ1) is 11.1. The highest BCUT2D eigenvalue weighted by Gasteiger charge is 2.26. The number of rotatable bonds is 7. The first-order valence-corrected chi connectivity index (χ1v) is 8.94. The fraction of sp³-hybridized carbons (Fsp3) is 0.688. The summed E-state index contributed by atoms with van der Waals surface area (Å²) in [4.78, 5) is 30.3. The van der Waals surface area contributed by atoms with Gasteiger partial charge in [0.15, 0.2) is 0 Å². The maximum absolute atomic E-state index is 12.6. The van der Waals surface area contributed by atoms with Crippen molar-refractivity contribution >= 4 is 23.2 Å². The van der Waals surface area contributed by atoms with Gasteiger partial charge < -0.3 is 15.0 Å². The fourth-order valence-electron chi connectivity index (χ4n) is 2.94. The van der Waals surface area contributed by atoms with E-state index < -0.39 is 0 Å². The first kappa shape index (κ1) is 17.9. The summed E-state index contributed by atoms with van der Waals surface area (Å²) in [5, 5.41) is 5.78. The number of thiazole rings is 1. The minimum Gasteiger partial charge on any atom is -0.375 e. The molecule has 0 bridgehead atoms. The van der Waals surface area contributed by atoms with E-state index in [2.05, 4.69) is 10.3 Å². The highest BCUT2D eigenvalue weighted by molar-refractivity contribution is 7.09. The summed E-state index contributed by atoms with van der Waals surface area (Å²) < 4.78 is 4.79. The van der Waals surface area contributed by atoms with Gasteiger partial charge in [-0.25, -0.2) is 4.98 Å². The van der Waals surface area contributed by atoms with E-state index in [9.17, 15) is 9.59 Å². The molecule has 1 aromatic heterocycles. The lowest BCUT2D eigenvalue weighted by atomic mass is 9.98. The van der Waals surface area contributed by atoms with E-state index >= 15 is 0 Å². The van der Waals surface area contributed by atoms with Gasteiger partial charge >= 0.3 is 0 Å². The number of ether oxygens (including phenoxy) is 1. The molecule has 1 atom stereocenters. The third-order valence-electron chi connectivity index (χ3n) is 4.02.